The first kappa shape index (κ1) is 8.23. The molecular weight excluding hydrogens is 191 g/mol. The highest BCUT2D eigenvalue weighted by Crippen LogP contribution is 2.10. The fourth-order valence-electron chi connectivity index (χ4n) is 0.499. The van der Waals surface area contributed by atoms with Crippen LogP contribution in [0, 0.1) is 0 Å². The maximum absolute atomic E-state index is 10.3. The smallest absolute Gasteiger partial charge is 0.354 e. The Morgan fingerprint density at radius 2 is 2.09 bits per heavy atom. The van der Waals surface area contributed by atoms with Crippen LogP contribution in [0.3, 0.4) is 0 Å². The maximum atomic E-state index is 10.3. The molecule has 4 nitrogen and oxygen atoms in total. The molecule has 0 bridgehead atoms. The molecule has 0 amide bonds. The molecule has 0 unspecified atom stereocenters. The number of carboxylic acid groups (broad SMARTS) is 1. The van der Waals surface area contributed by atoms with Crippen LogP contribution in [0.4, 0.5) is 0 Å². The molecule has 0 saturated carbocycles. The Balaban J connectivity index is 3.19. The quantitative estimate of drug-likeness (QED) is 0.541. The topological polar surface area (TPSA) is 63.1 Å². The molecule has 11 heavy (non-hydrogen) atoms. The third-order valence-corrected chi connectivity index (χ3v) is 1.25. The normalized spacial score (nSPS) is 9.64. The number of aromatic nitrogens is 2. The molecule has 1 aromatic heterocycles. The summed E-state index contributed by atoms with van der Waals surface area (Å²) < 4.78 is 0. The van der Waals surface area contributed by atoms with Gasteiger partial charge in [0.25, 0.3) is 0 Å². The van der Waals surface area contributed by atoms with E-state index in [9.17, 15) is 4.79 Å². The third kappa shape index (κ3) is 2.03. The van der Waals surface area contributed by atoms with E-state index in [1.54, 1.807) is 0 Å². The fourth-order valence-corrected chi connectivity index (χ4v) is 0.908. The summed E-state index contributed by atoms with van der Waals surface area (Å²) in [5.74, 6) is -1.18. The van der Waals surface area contributed by atoms with Crippen LogP contribution >= 0.6 is 23.2 Å². The van der Waals surface area contributed by atoms with Gasteiger partial charge >= 0.3 is 5.97 Å². The Labute approximate surface area is 71.8 Å². The maximum Gasteiger partial charge on any atom is 0.354 e. The lowest BCUT2D eigenvalue weighted by Gasteiger charge is -1.93. The number of hydrogen-bond donors (Lipinski definition) is 1. The van der Waals surface area contributed by atoms with Gasteiger partial charge in [-0.05, 0) is 11.6 Å². The van der Waals surface area contributed by atoms with Gasteiger partial charge in [-0.3, -0.25) is 0 Å². The Morgan fingerprint density at radius 3 is 2.55 bits per heavy atom. The first-order valence-corrected chi connectivity index (χ1v) is 3.28. The summed E-state index contributed by atoms with van der Waals surface area (Å²) in [6, 6.07) is 1.12. The summed E-state index contributed by atoms with van der Waals surface area (Å²) >= 11 is 10.7. The highest BCUT2D eigenvalue weighted by atomic mass is 35.5. The molecule has 0 fully saturated rings. The van der Waals surface area contributed by atoms with E-state index in [2.05, 4.69) is 9.97 Å². The van der Waals surface area contributed by atoms with Crippen molar-refractivity contribution in [2.24, 2.45) is 0 Å². The van der Waals surface area contributed by atoms with E-state index in [4.69, 9.17) is 28.3 Å². The van der Waals surface area contributed by atoms with Crippen LogP contribution < -0.4 is 0 Å². The molecule has 1 aromatic rings. The van der Waals surface area contributed by atoms with Crippen molar-refractivity contribution in [3.05, 3.63) is 22.2 Å². The van der Waals surface area contributed by atoms with E-state index in [1.165, 1.54) is 0 Å². The fraction of sp³-hybridized carbons (Fsp3) is 0. The van der Waals surface area contributed by atoms with Gasteiger partial charge in [-0.2, -0.15) is 0 Å². The first-order chi connectivity index (χ1) is 5.09. The Bertz CT molecular complexity index is 282. The van der Waals surface area contributed by atoms with Crippen molar-refractivity contribution >= 4 is 29.2 Å². The minimum atomic E-state index is -1.18. The number of nitrogens with zero attached hydrogens (tertiary/aromatic N) is 2. The number of rotatable bonds is 1. The summed E-state index contributed by atoms with van der Waals surface area (Å²) in [6.45, 7) is 0. The van der Waals surface area contributed by atoms with Crippen LogP contribution in [-0.4, -0.2) is 21.0 Å². The molecule has 1 rings (SSSR count). The van der Waals surface area contributed by atoms with Crippen LogP contribution in [0.25, 0.3) is 0 Å². The zero-order chi connectivity index (χ0) is 8.43. The minimum Gasteiger partial charge on any atom is -0.477 e. The predicted octanol–water partition coefficient (Wildman–Crippen LogP) is 1.48. The van der Waals surface area contributed by atoms with Crippen molar-refractivity contribution in [2.45, 2.75) is 0 Å². The highest BCUT2D eigenvalue weighted by molar-refractivity contribution is 6.32. The largest absolute Gasteiger partial charge is 0.477 e. The summed E-state index contributed by atoms with van der Waals surface area (Å²) in [5, 5.41) is 8.27. The molecule has 0 aliphatic heterocycles. The molecule has 58 valence electrons. The van der Waals surface area contributed by atoms with Crippen molar-refractivity contribution in [3.63, 3.8) is 0 Å². The lowest BCUT2D eigenvalue weighted by Crippen LogP contribution is -2.01. The van der Waals surface area contributed by atoms with Crippen molar-refractivity contribution in [2.75, 3.05) is 0 Å². The van der Waals surface area contributed by atoms with Crippen molar-refractivity contribution in [1.29, 1.82) is 0 Å². The van der Waals surface area contributed by atoms with Crippen LogP contribution in [0.1, 0.15) is 10.5 Å². The van der Waals surface area contributed by atoms with Crippen LogP contribution in [0.5, 0.6) is 0 Å². The number of aromatic carboxylic acids is 1. The average Bonchev–Trinajstić information content (AvgIpc) is 1.85. The SMILES string of the molecule is O=C(O)c1cc(Cl)nc(Cl)n1. The highest BCUT2D eigenvalue weighted by Gasteiger charge is 2.07. The molecule has 0 radical (unpaired) electrons. The van der Waals surface area contributed by atoms with Crippen LogP contribution in [0.15, 0.2) is 6.07 Å². The number of carboxylic acids is 1. The second kappa shape index (κ2) is 3.02. The summed E-state index contributed by atoms with van der Waals surface area (Å²) in [4.78, 5) is 17.2. The lowest BCUT2D eigenvalue weighted by molar-refractivity contribution is 0.0690. The van der Waals surface area contributed by atoms with E-state index in [1.807, 2.05) is 0 Å². The first-order valence-electron chi connectivity index (χ1n) is 2.53. The van der Waals surface area contributed by atoms with Gasteiger partial charge in [0.1, 0.15) is 5.15 Å². The lowest BCUT2D eigenvalue weighted by atomic mass is 10.4. The van der Waals surface area contributed by atoms with E-state index in [-0.39, 0.29) is 16.1 Å². The molecule has 0 spiro atoms. The molecule has 1 N–H and O–H groups in total. The van der Waals surface area contributed by atoms with Gasteiger partial charge in [-0.1, -0.05) is 11.6 Å². The van der Waals surface area contributed by atoms with E-state index >= 15 is 0 Å². The van der Waals surface area contributed by atoms with E-state index < -0.39 is 5.97 Å². The van der Waals surface area contributed by atoms with Crippen molar-refractivity contribution < 1.29 is 9.90 Å². The van der Waals surface area contributed by atoms with Crippen molar-refractivity contribution in [1.82, 2.24) is 9.97 Å². The van der Waals surface area contributed by atoms with E-state index in [0.29, 0.717) is 0 Å². The number of carbonyl (C=O) groups is 1. The zero-order valence-corrected chi connectivity index (χ0v) is 6.60. The van der Waals surface area contributed by atoms with Gasteiger partial charge in [0.2, 0.25) is 5.28 Å². The molecule has 6 heteroatoms. The summed E-state index contributed by atoms with van der Waals surface area (Å²) in [6.07, 6.45) is 0. The van der Waals surface area contributed by atoms with Crippen molar-refractivity contribution in [3.8, 4) is 0 Å². The molecule has 0 aliphatic carbocycles. The molecule has 0 aliphatic rings. The molecule has 0 aromatic carbocycles. The Morgan fingerprint density at radius 1 is 1.45 bits per heavy atom. The van der Waals surface area contributed by atoms with Crippen LogP contribution in [0.2, 0.25) is 10.4 Å². The number of hydrogen-bond acceptors (Lipinski definition) is 3. The second-order valence-electron chi connectivity index (χ2n) is 1.65. The Hall–Kier alpha value is -0.870. The third-order valence-electron chi connectivity index (χ3n) is 0.887. The molecule has 1 heterocycles. The van der Waals surface area contributed by atoms with Gasteiger partial charge in [0.15, 0.2) is 5.69 Å². The monoisotopic (exact) mass is 192 g/mol. The van der Waals surface area contributed by atoms with Gasteiger partial charge in [0, 0.05) is 6.07 Å². The number of halogens is 2. The molecular formula is C5H2Cl2N2O2. The predicted molar refractivity (Wildman–Crippen MR) is 39.0 cm³/mol. The van der Waals surface area contributed by atoms with E-state index in [0.717, 1.165) is 6.07 Å². The van der Waals surface area contributed by atoms with Crippen LogP contribution in [-0.2, 0) is 0 Å². The summed E-state index contributed by atoms with van der Waals surface area (Å²) in [7, 11) is 0. The molecule has 0 saturated heterocycles. The standard InChI is InChI=1S/C5H2Cl2N2O2/c6-3-1-2(4(10)11)8-5(7)9-3/h1H,(H,10,11). The average molecular weight is 193 g/mol. The van der Waals surface area contributed by atoms with Gasteiger partial charge in [-0.15, -0.1) is 0 Å². The summed E-state index contributed by atoms with van der Waals surface area (Å²) in [5.41, 5.74) is -0.213. The van der Waals surface area contributed by atoms with Gasteiger partial charge in [0.05, 0.1) is 0 Å². The zero-order valence-electron chi connectivity index (χ0n) is 5.08. The van der Waals surface area contributed by atoms with Gasteiger partial charge < -0.3 is 5.11 Å². The second-order valence-corrected chi connectivity index (χ2v) is 2.38. The minimum absolute atomic E-state index is 0.0161. The van der Waals surface area contributed by atoms with Gasteiger partial charge in [-0.25, -0.2) is 14.8 Å². The Kier molecular flexibility index (Phi) is 2.26. The molecule has 0 atom stereocenters.